The first-order valence-electron chi connectivity index (χ1n) is 6.09. The van der Waals surface area contributed by atoms with Crippen molar-refractivity contribution in [3.63, 3.8) is 0 Å². The Balaban J connectivity index is 2.23. The maximum Gasteiger partial charge on any atom is 0.311 e. The molecule has 0 amide bonds. The molecule has 1 N–H and O–H groups in total. The first-order valence-corrected chi connectivity index (χ1v) is 6.09. The van der Waals surface area contributed by atoms with Crippen molar-refractivity contribution in [1.82, 2.24) is 15.2 Å². The third-order valence-electron chi connectivity index (χ3n) is 3.58. The summed E-state index contributed by atoms with van der Waals surface area (Å²) in [6, 6.07) is 0. The number of aryl methyl sites for hydroxylation is 2. The molecular weight excluding hydrogens is 232 g/mol. The minimum atomic E-state index is -0.760. The maximum absolute atomic E-state index is 11.3. The maximum atomic E-state index is 11.3. The highest BCUT2D eigenvalue weighted by Gasteiger charge is 2.38. The summed E-state index contributed by atoms with van der Waals surface area (Å²) in [6.45, 7) is 6.74. The van der Waals surface area contributed by atoms with Crippen LogP contribution in [0.2, 0.25) is 0 Å². The van der Waals surface area contributed by atoms with Gasteiger partial charge in [0.05, 0.1) is 16.8 Å². The number of aliphatic carboxylic acids is 1. The Morgan fingerprint density at radius 1 is 1.33 bits per heavy atom. The second-order valence-corrected chi connectivity index (χ2v) is 5.17. The van der Waals surface area contributed by atoms with Gasteiger partial charge in [0, 0.05) is 13.1 Å². The molecule has 0 aliphatic carbocycles. The second-order valence-electron chi connectivity index (χ2n) is 5.17. The molecule has 0 radical (unpaired) electrons. The monoisotopic (exact) mass is 250 g/mol. The van der Waals surface area contributed by atoms with E-state index in [1.165, 1.54) is 0 Å². The number of carboxylic acid groups (broad SMARTS) is 1. The Morgan fingerprint density at radius 3 is 2.67 bits per heavy atom. The van der Waals surface area contributed by atoms with Crippen LogP contribution in [0.3, 0.4) is 0 Å². The summed E-state index contributed by atoms with van der Waals surface area (Å²) in [7, 11) is 0. The van der Waals surface area contributed by atoms with Gasteiger partial charge < -0.3 is 10.0 Å². The summed E-state index contributed by atoms with van der Waals surface area (Å²) >= 11 is 0. The fourth-order valence-electron chi connectivity index (χ4n) is 2.16. The van der Waals surface area contributed by atoms with Crippen LogP contribution in [0.4, 0.5) is 5.95 Å². The molecule has 0 saturated carbocycles. The third-order valence-corrected chi connectivity index (χ3v) is 3.58. The van der Waals surface area contributed by atoms with Crippen LogP contribution < -0.4 is 4.90 Å². The number of anilines is 1. The lowest BCUT2D eigenvalue weighted by Crippen LogP contribution is -2.46. The largest absolute Gasteiger partial charge is 0.481 e. The minimum Gasteiger partial charge on any atom is -0.481 e. The van der Waals surface area contributed by atoms with Crippen LogP contribution in [0.1, 0.15) is 31.2 Å². The molecule has 1 saturated heterocycles. The molecule has 0 spiro atoms. The second kappa shape index (κ2) is 4.51. The fraction of sp³-hybridized carbons (Fsp3) is 0.667. The highest BCUT2D eigenvalue weighted by molar-refractivity contribution is 5.75. The van der Waals surface area contributed by atoms with Crippen molar-refractivity contribution in [2.45, 2.75) is 33.6 Å². The molecule has 1 unspecified atom stereocenters. The first-order chi connectivity index (χ1) is 8.42. The van der Waals surface area contributed by atoms with Gasteiger partial charge in [0.15, 0.2) is 0 Å². The molecular formula is C12H18N4O2. The fourth-order valence-corrected chi connectivity index (χ4v) is 2.16. The SMILES string of the molecule is Cc1nnc(N2CCCC(C)(C(=O)O)C2)nc1C. The molecule has 6 heteroatoms. The summed E-state index contributed by atoms with van der Waals surface area (Å²) in [5.41, 5.74) is 0.916. The Bertz CT molecular complexity index is 477. The molecule has 1 fully saturated rings. The molecule has 1 aliphatic heterocycles. The van der Waals surface area contributed by atoms with E-state index in [0.717, 1.165) is 24.4 Å². The van der Waals surface area contributed by atoms with Gasteiger partial charge in [0.2, 0.25) is 5.95 Å². The average Bonchev–Trinajstić information content (AvgIpc) is 2.32. The molecule has 1 aromatic heterocycles. The van der Waals surface area contributed by atoms with Crippen molar-refractivity contribution in [1.29, 1.82) is 0 Å². The number of rotatable bonds is 2. The Hall–Kier alpha value is -1.72. The van der Waals surface area contributed by atoms with E-state index < -0.39 is 11.4 Å². The number of piperidine rings is 1. The van der Waals surface area contributed by atoms with Crippen molar-refractivity contribution in [3.05, 3.63) is 11.4 Å². The molecule has 1 aromatic rings. The molecule has 98 valence electrons. The lowest BCUT2D eigenvalue weighted by molar-refractivity contribution is -0.148. The zero-order valence-corrected chi connectivity index (χ0v) is 11.0. The van der Waals surface area contributed by atoms with Crippen LogP contribution >= 0.6 is 0 Å². The van der Waals surface area contributed by atoms with Gasteiger partial charge in [0.1, 0.15) is 0 Å². The molecule has 6 nitrogen and oxygen atoms in total. The van der Waals surface area contributed by atoms with Crippen LogP contribution in [-0.4, -0.2) is 39.3 Å². The van der Waals surface area contributed by atoms with Gasteiger partial charge in [-0.2, -0.15) is 5.10 Å². The Kier molecular flexibility index (Phi) is 3.19. The number of carbonyl (C=O) groups is 1. The van der Waals surface area contributed by atoms with Gasteiger partial charge >= 0.3 is 5.97 Å². The average molecular weight is 250 g/mol. The molecule has 18 heavy (non-hydrogen) atoms. The number of hydrogen-bond donors (Lipinski definition) is 1. The van der Waals surface area contributed by atoms with E-state index in [0.29, 0.717) is 18.9 Å². The number of nitrogens with zero attached hydrogens (tertiary/aromatic N) is 4. The Morgan fingerprint density at radius 2 is 2.06 bits per heavy atom. The highest BCUT2D eigenvalue weighted by atomic mass is 16.4. The highest BCUT2D eigenvalue weighted by Crippen LogP contribution is 2.31. The van der Waals surface area contributed by atoms with Crippen LogP contribution in [0, 0.1) is 19.3 Å². The normalized spacial score (nSPS) is 24.1. The number of carboxylic acids is 1. The van der Waals surface area contributed by atoms with Crippen molar-refractivity contribution >= 4 is 11.9 Å². The van der Waals surface area contributed by atoms with Gasteiger partial charge in [-0.05, 0) is 33.6 Å². The Labute approximate surface area is 106 Å². The van der Waals surface area contributed by atoms with Crippen LogP contribution in [0.15, 0.2) is 0 Å². The van der Waals surface area contributed by atoms with E-state index in [1.54, 1.807) is 6.92 Å². The summed E-state index contributed by atoms with van der Waals surface area (Å²) < 4.78 is 0. The van der Waals surface area contributed by atoms with Gasteiger partial charge in [-0.3, -0.25) is 4.79 Å². The molecule has 1 aliphatic rings. The molecule has 1 atom stereocenters. The van der Waals surface area contributed by atoms with Crippen LogP contribution in [0.5, 0.6) is 0 Å². The predicted octanol–water partition coefficient (Wildman–Crippen LogP) is 1.18. The summed E-state index contributed by atoms with van der Waals surface area (Å²) in [4.78, 5) is 17.6. The quantitative estimate of drug-likeness (QED) is 0.849. The molecule has 2 heterocycles. The third kappa shape index (κ3) is 2.27. The van der Waals surface area contributed by atoms with Crippen molar-refractivity contribution < 1.29 is 9.90 Å². The summed E-state index contributed by atoms with van der Waals surface area (Å²) in [5.74, 6) is -0.228. The molecule has 2 rings (SSSR count). The van der Waals surface area contributed by atoms with Crippen LogP contribution in [-0.2, 0) is 4.79 Å². The lowest BCUT2D eigenvalue weighted by atomic mass is 9.82. The lowest BCUT2D eigenvalue weighted by Gasteiger charge is -2.37. The van der Waals surface area contributed by atoms with E-state index in [4.69, 9.17) is 0 Å². The number of hydrogen-bond acceptors (Lipinski definition) is 5. The van der Waals surface area contributed by atoms with Crippen molar-refractivity contribution in [2.75, 3.05) is 18.0 Å². The van der Waals surface area contributed by atoms with E-state index in [2.05, 4.69) is 15.2 Å². The summed E-state index contributed by atoms with van der Waals surface area (Å²) in [5, 5.41) is 17.4. The minimum absolute atomic E-state index is 0.437. The van der Waals surface area contributed by atoms with E-state index in [-0.39, 0.29) is 0 Å². The van der Waals surface area contributed by atoms with E-state index in [9.17, 15) is 9.90 Å². The van der Waals surface area contributed by atoms with Gasteiger partial charge in [-0.15, -0.1) is 5.10 Å². The van der Waals surface area contributed by atoms with Crippen LogP contribution in [0.25, 0.3) is 0 Å². The number of aromatic nitrogens is 3. The van der Waals surface area contributed by atoms with Crippen molar-refractivity contribution in [2.24, 2.45) is 5.41 Å². The topological polar surface area (TPSA) is 79.2 Å². The smallest absolute Gasteiger partial charge is 0.311 e. The van der Waals surface area contributed by atoms with Gasteiger partial charge in [-0.25, -0.2) is 4.98 Å². The van der Waals surface area contributed by atoms with Gasteiger partial charge in [0.25, 0.3) is 0 Å². The summed E-state index contributed by atoms with van der Waals surface area (Å²) in [6.07, 6.45) is 1.52. The van der Waals surface area contributed by atoms with E-state index in [1.807, 2.05) is 18.7 Å². The zero-order valence-electron chi connectivity index (χ0n) is 11.0. The van der Waals surface area contributed by atoms with Crippen molar-refractivity contribution in [3.8, 4) is 0 Å². The van der Waals surface area contributed by atoms with E-state index >= 15 is 0 Å². The standard InChI is InChI=1S/C12H18N4O2/c1-8-9(2)14-15-11(13-8)16-6-4-5-12(3,7-16)10(17)18/h4-7H2,1-3H3,(H,17,18). The molecule has 0 aromatic carbocycles. The molecule has 0 bridgehead atoms. The first kappa shape index (κ1) is 12.7. The zero-order chi connectivity index (χ0) is 13.3. The van der Waals surface area contributed by atoms with Gasteiger partial charge in [-0.1, -0.05) is 0 Å². The predicted molar refractivity (Wildman–Crippen MR) is 66.5 cm³/mol.